The van der Waals surface area contributed by atoms with Crippen molar-refractivity contribution in [3.8, 4) is 0 Å². The van der Waals surface area contributed by atoms with Gasteiger partial charge in [0, 0.05) is 44.7 Å². The lowest BCUT2D eigenvalue weighted by molar-refractivity contribution is 0.0976. The minimum absolute atomic E-state index is 0.294. The number of hydrogen-bond acceptors (Lipinski definition) is 3. The predicted molar refractivity (Wildman–Crippen MR) is 112 cm³/mol. The molecule has 1 aliphatic rings. The van der Waals surface area contributed by atoms with Gasteiger partial charge in [0.1, 0.15) is 0 Å². The fourth-order valence-corrected chi connectivity index (χ4v) is 3.83. The van der Waals surface area contributed by atoms with Crippen molar-refractivity contribution >= 4 is 5.78 Å². The minimum Gasteiger partial charge on any atom is -0.301 e. The van der Waals surface area contributed by atoms with E-state index in [-0.39, 0.29) is 0 Å². The first-order valence-electron chi connectivity index (χ1n) is 10.3. The molecule has 0 N–H and O–H groups in total. The zero-order valence-corrected chi connectivity index (χ0v) is 16.6. The lowest BCUT2D eigenvalue weighted by atomic mass is 10.0. The Bertz CT molecular complexity index is 705. The third-order valence-corrected chi connectivity index (χ3v) is 5.54. The van der Waals surface area contributed by atoms with E-state index in [1.165, 1.54) is 12.0 Å². The Balaban J connectivity index is 1.27. The second-order valence-electron chi connectivity index (χ2n) is 7.65. The van der Waals surface area contributed by atoms with Gasteiger partial charge in [-0.2, -0.15) is 0 Å². The number of Topliss-reactive ketones (excluding diaryl/α,β-unsaturated/α-hetero) is 1. The molecule has 2 aromatic carbocycles. The van der Waals surface area contributed by atoms with Gasteiger partial charge in [-0.1, -0.05) is 61.0 Å². The molecule has 0 unspecified atom stereocenters. The van der Waals surface area contributed by atoms with Crippen LogP contribution >= 0.6 is 0 Å². The van der Waals surface area contributed by atoms with Crippen molar-refractivity contribution in [2.24, 2.45) is 0 Å². The van der Waals surface area contributed by atoms with Gasteiger partial charge in [-0.25, -0.2) is 0 Å². The summed E-state index contributed by atoms with van der Waals surface area (Å²) in [6.07, 6.45) is 4.01. The fourth-order valence-electron chi connectivity index (χ4n) is 3.83. The molecule has 1 heterocycles. The third-order valence-electron chi connectivity index (χ3n) is 5.54. The Morgan fingerprint density at radius 3 is 2.22 bits per heavy atom. The molecule has 1 saturated heterocycles. The van der Waals surface area contributed by atoms with Gasteiger partial charge in [0.2, 0.25) is 0 Å². The van der Waals surface area contributed by atoms with Crippen LogP contribution < -0.4 is 0 Å². The van der Waals surface area contributed by atoms with Crippen LogP contribution in [-0.2, 0) is 6.54 Å². The van der Waals surface area contributed by atoms with Crippen molar-refractivity contribution in [1.29, 1.82) is 0 Å². The van der Waals surface area contributed by atoms with Gasteiger partial charge < -0.3 is 4.90 Å². The summed E-state index contributed by atoms with van der Waals surface area (Å²) in [5.41, 5.74) is 3.40. The Morgan fingerprint density at radius 1 is 0.815 bits per heavy atom. The Morgan fingerprint density at radius 2 is 1.48 bits per heavy atom. The number of nitrogens with zero attached hydrogens (tertiary/aromatic N) is 2. The lowest BCUT2D eigenvalue weighted by Gasteiger charge is -2.34. The maximum Gasteiger partial charge on any atom is 0.163 e. The SMILES string of the molecule is Cc1ccccc1C(=O)CCCCCN1CCN(Cc2ccccc2)CC1. The number of carbonyl (C=O) groups excluding carboxylic acids is 1. The maximum atomic E-state index is 12.3. The molecule has 0 bridgehead atoms. The highest BCUT2D eigenvalue weighted by Gasteiger charge is 2.16. The van der Waals surface area contributed by atoms with Crippen molar-refractivity contribution in [1.82, 2.24) is 9.80 Å². The van der Waals surface area contributed by atoms with E-state index < -0.39 is 0 Å². The first kappa shape index (κ1) is 19.8. The van der Waals surface area contributed by atoms with Gasteiger partial charge in [0.25, 0.3) is 0 Å². The van der Waals surface area contributed by atoms with Crippen molar-refractivity contribution in [3.05, 3.63) is 71.3 Å². The quantitative estimate of drug-likeness (QED) is 0.481. The first-order valence-corrected chi connectivity index (χ1v) is 10.3. The van der Waals surface area contributed by atoms with Crippen LogP contribution in [0.1, 0.15) is 47.2 Å². The van der Waals surface area contributed by atoms with E-state index in [9.17, 15) is 4.79 Å². The summed E-state index contributed by atoms with van der Waals surface area (Å²) in [6.45, 7) is 8.88. The molecule has 3 rings (SSSR count). The molecule has 2 aromatic rings. The van der Waals surface area contributed by atoms with Gasteiger partial charge in [-0.3, -0.25) is 9.69 Å². The lowest BCUT2D eigenvalue weighted by Crippen LogP contribution is -2.46. The van der Waals surface area contributed by atoms with Crippen molar-refractivity contribution in [2.75, 3.05) is 32.7 Å². The molecule has 0 radical (unpaired) electrons. The molecule has 3 nitrogen and oxygen atoms in total. The number of rotatable bonds is 9. The van der Waals surface area contributed by atoms with E-state index in [2.05, 4.69) is 40.1 Å². The maximum absolute atomic E-state index is 12.3. The van der Waals surface area contributed by atoms with Gasteiger partial charge in [0.05, 0.1) is 0 Å². The van der Waals surface area contributed by atoms with E-state index in [0.29, 0.717) is 12.2 Å². The average Bonchev–Trinajstić information content (AvgIpc) is 2.70. The number of benzene rings is 2. The summed E-state index contributed by atoms with van der Waals surface area (Å²) < 4.78 is 0. The van der Waals surface area contributed by atoms with Crippen molar-refractivity contribution in [3.63, 3.8) is 0 Å². The van der Waals surface area contributed by atoms with Gasteiger partial charge in [0.15, 0.2) is 5.78 Å². The molecule has 3 heteroatoms. The first-order chi connectivity index (χ1) is 13.2. The Kier molecular flexibility index (Phi) is 7.61. The summed E-state index contributed by atoms with van der Waals surface area (Å²) >= 11 is 0. The van der Waals surface area contributed by atoms with E-state index >= 15 is 0 Å². The predicted octanol–water partition coefficient (Wildman–Crippen LogP) is 4.56. The van der Waals surface area contributed by atoms with Crippen molar-refractivity contribution in [2.45, 2.75) is 39.2 Å². The fraction of sp³-hybridized carbons (Fsp3) is 0.458. The summed E-state index contributed by atoms with van der Waals surface area (Å²) in [4.78, 5) is 17.4. The van der Waals surface area contributed by atoms with Gasteiger partial charge in [-0.05, 0) is 37.4 Å². The van der Waals surface area contributed by atoms with Crippen LogP contribution in [0.15, 0.2) is 54.6 Å². The molecule has 0 saturated carbocycles. The average molecular weight is 365 g/mol. The van der Waals surface area contributed by atoms with Crippen LogP contribution in [0.5, 0.6) is 0 Å². The van der Waals surface area contributed by atoms with E-state index in [1.54, 1.807) is 0 Å². The molecule has 1 fully saturated rings. The largest absolute Gasteiger partial charge is 0.301 e. The number of aryl methyl sites for hydroxylation is 1. The molecule has 1 aliphatic heterocycles. The molecule has 0 aromatic heterocycles. The summed E-state index contributed by atoms with van der Waals surface area (Å²) in [6, 6.07) is 18.7. The molecule has 0 aliphatic carbocycles. The van der Waals surface area contributed by atoms with Crippen molar-refractivity contribution < 1.29 is 4.79 Å². The van der Waals surface area contributed by atoms with Crippen LogP contribution in [0.2, 0.25) is 0 Å². The van der Waals surface area contributed by atoms with Crippen LogP contribution in [0.4, 0.5) is 0 Å². The molecule has 0 spiro atoms. The van der Waals surface area contributed by atoms with Gasteiger partial charge >= 0.3 is 0 Å². The number of hydrogen-bond donors (Lipinski definition) is 0. The molecule has 0 amide bonds. The normalized spacial score (nSPS) is 15.7. The zero-order chi connectivity index (χ0) is 18.9. The minimum atomic E-state index is 0.294. The second-order valence-corrected chi connectivity index (χ2v) is 7.65. The topological polar surface area (TPSA) is 23.6 Å². The number of piperazine rings is 1. The van der Waals surface area contributed by atoms with E-state index in [4.69, 9.17) is 0 Å². The standard InChI is InChI=1S/C24H32N2O/c1-21-10-7-8-13-23(21)24(27)14-6-3-9-15-25-16-18-26(19-17-25)20-22-11-4-2-5-12-22/h2,4-5,7-8,10-13H,3,6,9,14-20H2,1H3. The summed E-state index contributed by atoms with van der Waals surface area (Å²) in [5, 5.41) is 0. The van der Waals surface area contributed by atoms with Crippen LogP contribution in [-0.4, -0.2) is 48.3 Å². The zero-order valence-electron chi connectivity index (χ0n) is 16.6. The Hall–Kier alpha value is -1.97. The Labute approximate surface area is 164 Å². The highest BCUT2D eigenvalue weighted by Crippen LogP contribution is 2.13. The molecule has 27 heavy (non-hydrogen) atoms. The molecular formula is C24H32N2O. The van der Waals surface area contributed by atoms with E-state index in [0.717, 1.165) is 63.2 Å². The van der Waals surface area contributed by atoms with E-state index in [1.807, 2.05) is 31.2 Å². The van der Waals surface area contributed by atoms with Crippen LogP contribution in [0.25, 0.3) is 0 Å². The number of ketones is 1. The molecular weight excluding hydrogens is 332 g/mol. The molecule has 144 valence electrons. The van der Waals surface area contributed by atoms with Crippen LogP contribution in [0, 0.1) is 6.92 Å². The summed E-state index contributed by atoms with van der Waals surface area (Å²) in [7, 11) is 0. The third kappa shape index (κ3) is 6.30. The summed E-state index contributed by atoms with van der Waals surface area (Å²) in [5.74, 6) is 0.294. The molecule has 0 atom stereocenters. The number of unbranched alkanes of at least 4 members (excludes halogenated alkanes) is 2. The van der Waals surface area contributed by atoms with Crippen LogP contribution in [0.3, 0.4) is 0 Å². The smallest absolute Gasteiger partial charge is 0.163 e. The number of carbonyl (C=O) groups is 1. The highest BCUT2D eigenvalue weighted by molar-refractivity contribution is 5.97. The highest BCUT2D eigenvalue weighted by atomic mass is 16.1. The van der Waals surface area contributed by atoms with Gasteiger partial charge in [-0.15, -0.1) is 0 Å². The monoisotopic (exact) mass is 364 g/mol. The second kappa shape index (κ2) is 10.4.